The first-order valence-corrected chi connectivity index (χ1v) is 8.07. The summed E-state index contributed by atoms with van der Waals surface area (Å²) in [6.45, 7) is 7.70. The summed E-state index contributed by atoms with van der Waals surface area (Å²) in [4.78, 5) is 14.7. The van der Waals surface area contributed by atoms with Crippen LogP contribution in [0.3, 0.4) is 0 Å². The van der Waals surface area contributed by atoms with Gasteiger partial charge in [-0.2, -0.15) is 0 Å². The Balaban J connectivity index is 2.00. The van der Waals surface area contributed by atoms with Gasteiger partial charge in [-0.05, 0) is 50.9 Å². The zero-order valence-corrected chi connectivity index (χ0v) is 13.1. The first-order valence-electron chi connectivity index (χ1n) is 8.07. The lowest BCUT2D eigenvalue weighted by atomic mass is 9.72. The SMILES string of the molecule is CC1CC(C)C(C(=O)N2CCCC(C)(O)CC2)CC1N. The van der Waals surface area contributed by atoms with Crippen LogP contribution in [0.5, 0.6) is 0 Å². The van der Waals surface area contributed by atoms with E-state index in [-0.39, 0.29) is 17.9 Å². The second-order valence-electron chi connectivity index (χ2n) is 7.37. The molecule has 0 aromatic rings. The van der Waals surface area contributed by atoms with E-state index in [4.69, 9.17) is 5.73 Å². The number of nitrogens with zero attached hydrogens (tertiary/aromatic N) is 1. The largest absolute Gasteiger partial charge is 0.390 e. The van der Waals surface area contributed by atoms with Crippen molar-refractivity contribution in [3.8, 4) is 0 Å². The molecule has 4 heteroatoms. The summed E-state index contributed by atoms with van der Waals surface area (Å²) in [5.41, 5.74) is 5.55. The van der Waals surface area contributed by atoms with E-state index in [1.54, 1.807) is 0 Å². The summed E-state index contributed by atoms with van der Waals surface area (Å²) in [6, 6.07) is 0.148. The van der Waals surface area contributed by atoms with Crippen LogP contribution in [0.15, 0.2) is 0 Å². The molecule has 20 heavy (non-hydrogen) atoms. The summed E-state index contributed by atoms with van der Waals surface area (Å²) >= 11 is 0. The highest BCUT2D eigenvalue weighted by atomic mass is 16.3. The molecule has 1 amide bonds. The Hall–Kier alpha value is -0.610. The van der Waals surface area contributed by atoms with Crippen LogP contribution in [0, 0.1) is 17.8 Å². The second kappa shape index (κ2) is 6.02. The van der Waals surface area contributed by atoms with Gasteiger partial charge in [-0.1, -0.05) is 13.8 Å². The lowest BCUT2D eigenvalue weighted by Gasteiger charge is -2.38. The van der Waals surface area contributed by atoms with E-state index in [1.165, 1.54) is 0 Å². The van der Waals surface area contributed by atoms with Crippen molar-refractivity contribution in [2.45, 2.75) is 64.5 Å². The molecule has 5 unspecified atom stereocenters. The fourth-order valence-corrected chi connectivity index (χ4v) is 3.75. The van der Waals surface area contributed by atoms with Crippen molar-refractivity contribution in [3.05, 3.63) is 0 Å². The van der Waals surface area contributed by atoms with Gasteiger partial charge in [-0.3, -0.25) is 4.79 Å². The molecule has 0 aromatic heterocycles. The Kier molecular flexibility index (Phi) is 4.75. The number of carbonyl (C=O) groups is 1. The number of carbonyl (C=O) groups excluding carboxylic acids is 1. The molecule has 0 bridgehead atoms. The minimum atomic E-state index is -0.613. The summed E-state index contributed by atoms with van der Waals surface area (Å²) in [5, 5.41) is 10.1. The van der Waals surface area contributed by atoms with E-state index in [9.17, 15) is 9.90 Å². The van der Waals surface area contributed by atoms with Crippen molar-refractivity contribution in [1.29, 1.82) is 0 Å². The lowest BCUT2D eigenvalue weighted by molar-refractivity contribution is -0.139. The first-order chi connectivity index (χ1) is 9.30. The van der Waals surface area contributed by atoms with Crippen LogP contribution in [-0.2, 0) is 4.79 Å². The quantitative estimate of drug-likeness (QED) is 0.770. The third kappa shape index (κ3) is 3.53. The topological polar surface area (TPSA) is 66.6 Å². The molecular formula is C16H30N2O2. The maximum absolute atomic E-state index is 12.8. The third-order valence-electron chi connectivity index (χ3n) is 5.38. The Morgan fingerprint density at radius 1 is 1.20 bits per heavy atom. The molecular weight excluding hydrogens is 252 g/mol. The normalized spacial score (nSPS) is 43.1. The molecule has 1 saturated carbocycles. The Labute approximate surface area is 122 Å². The highest BCUT2D eigenvalue weighted by Crippen LogP contribution is 2.34. The minimum Gasteiger partial charge on any atom is -0.390 e. The average Bonchev–Trinajstić information content (AvgIpc) is 2.54. The highest BCUT2D eigenvalue weighted by molar-refractivity contribution is 5.79. The molecule has 116 valence electrons. The van der Waals surface area contributed by atoms with Crippen molar-refractivity contribution in [2.24, 2.45) is 23.5 Å². The zero-order chi connectivity index (χ0) is 14.9. The van der Waals surface area contributed by atoms with Crippen molar-refractivity contribution in [3.63, 3.8) is 0 Å². The molecule has 5 atom stereocenters. The van der Waals surface area contributed by atoms with Gasteiger partial charge in [0.15, 0.2) is 0 Å². The maximum atomic E-state index is 12.8. The fraction of sp³-hybridized carbons (Fsp3) is 0.938. The van der Waals surface area contributed by atoms with E-state index in [0.717, 1.165) is 32.2 Å². The van der Waals surface area contributed by atoms with Gasteiger partial charge < -0.3 is 15.7 Å². The predicted molar refractivity (Wildman–Crippen MR) is 80.1 cm³/mol. The van der Waals surface area contributed by atoms with Gasteiger partial charge in [0.2, 0.25) is 5.91 Å². The molecule has 0 aromatic carbocycles. The molecule has 1 aliphatic carbocycles. The monoisotopic (exact) mass is 282 g/mol. The molecule has 1 heterocycles. The number of hydrogen-bond donors (Lipinski definition) is 2. The summed E-state index contributed by atoms with van der Waals surface area (Å²) in [6.07, 6.45) is 4.22. The predicted octanol–water partition coefficient (Wildman–Crippen LogP) is 1.76. The Morgan fingerprint density at radius 3 is 2.60 bits per heavy atom. The van der Waals surface area contributed by atoms with Crippen LogP contribution < -0.4 is 5.73 Å². The molecule has 3 N–H and O–H groups in total. The fourth-order valence-electron chi connectivity index (χ4n) is 3.75. The number of amides is 1. The third-order valence-corrected chi connectivity index (χ3v) is 5.38. The van der Waals surface area contributed by atoms with E-state index < -0.39 is 5.60 Å². The van der Waals surface area contributed by atoms with Gasteiger partial charge in [0.1, 0.15) is 0 Å². The van der Waals surface area contributed by atoms with Crippen LogP contribution >= 0.6 is 0 Å². The van der Waals surface area contributed by atoms with Crippen molar-refractivity contribution >= 4 is 5.91 Å². The number of nitrogens with two attached hydrogens (primary N) is 1. The van der Waals surface area contributed by atoms with E-state index in [1.807, 2.05) is 11.8 Å². The van der Waals surface area contributed by atoms with E-state index in [2.05, 4.69) is 13.8 Å². The standard InChI is InChI=1S/C16H30N2O2/c1-11-9-12(2)14(17)10-13(11)15(19)18-7-4-5-16(3,20)6-8-18/h11-14,20H,4-10,17H2,1-3H3. The van der Waals surface area contributed by atoms with Gasteiger partial charge in [-0.15, -0.1) is 0 Å². The maximum Gasteiger partial charge on any atom is 0.226 e. The number of aliphatic hydroxyl groups is 1. The van der Waals surface area contributed by atoms with E-state index >= 15 is 0 Å². The van der Waals surface area contributed by atoms with Gasteiger partial charge in [-0.25, -0.2) is 0 Å². The van der Waals surface area contributed by atoms with Gasteiger partial charge >= 0.3 is 0 Å². The van der Waals surface area contributed by atoms with Gasteiger partial charge in [0.25, 0.3) is 0 Å². The molecule has 2 fully saturated rings. The average molecular weight is 282 g/mol. The van der Waals surface area contributed by atoms with Crippen LogP contribution in [0.1, 0.15) is 52.9 Å². The van der Waals surface area contributed by atoms with Gasteiger partial charge in [0.05, 0.1) is 5.60 Å². The van der Waals surface area contributed by atoms with Crippen LogP contribution in [-0.4, -0.2) is 40.6 Å². The van der Waals surface area contributed by atoms with Crippen molar-refractivity contribution in [1.82, 2.24) is 4.90 Å². The minimum absolute atomic E-state index is 0.0734. The first kappa shape index (κ1) is 15.8. The summed E-state index contributed by atoms with van der Waals surface area (Å²) in [7, 11) is 0. The summed E-state index contributed by atoms with van der Waals surface area (Å²) < 4.78 is 0. The molecule has 4 nitrogen and oxygen atoms in total. The molecule has 2 aliphatic rings. The molecule has 1 saturated heterocycles. The molecule has 0 radical (unpaired) electrons. The smallest absolute Gasteiger partial charge is 0.226 e. The van der Waals surface area contributed by atoms with Crippen molar-refractivity contribution < 1.29 is 9.90 Å². The second-order valence-corrected chi connectivity index (χ2v) is 7.37. The number of hydrogen-bond acceptors (Lipinski definition) is 3. The van der Waals surface area contributed by atoms with Crippen LogP contribution in [0.4, 0.5) is 0 Å². The lowest BCUT2D eigenvalue weighted by Crippen LogP contribution is -2.47. The Bertz CT molecular complexity index is 356. The van der Waals surface area contributed by atoms with Crippen molar-refractivity contribution in [2.75, 3.05) is 13.1 Å². The van der Waals surface area contributed by atoms with Crippen LogP contribution in [0.2, 0.25) is 0 Å². The summed E-state index contributed by atoms with van der Waals surface area (Å²) in [5.74, 6) is 1.27. The number of likely N-dealkylation sites (tertiary alicyclic amines) is 1. The highest BCUT2D eigenvalue weighted by Gasteiger charge is 2.38. The van der Waals surface area contributed by atoms with Gasteiger partial charge in [0, 0.05) is 25.0 Å². The Morgan fingerprint density at radius 2 is 1.90 bits per heavy atom. The van der Waals surface area contributed by atoms with Crippen LogP contribution in [0.25, 0.3) is 0 Å². The van der Waals surface area contributed by atoms with E-state index in [0.29, 0.717) is 24.8 Å². The molecule has 2 rings (SSSR count). The zero-order valence-electron chi connectivity index (χ0n) is 13.1. The molecule has 1 aliphatic heterocycles. The molecule has 0 spiro atoms. The number of rotatable bonds is 1.